The third-order valence-electron chi connectivity index (χ3n) is 6.42. The maximum atomic E-state index is 13.3. The molecule has 0 aliphatic heterocycles. The zero-order valence-electron chi connectivity index (χ0n) is 21.2. The van der Waals surface area contributed by atoms with Gasteiger partial charge >= 0.3 is 5.97 Å². The Balaban J connectivity index is 2.78. The molecule has 9 heteroatoms. The highest BCUT2D eigenvalue weighted by Gasteiger charge is 2.38. The minimum absolute atomic E-state index is 0.00480. The predicted molar refractivity (Wildman–Crippen MR) is 138 cm³/mol. The van der Waals surface area contributed by atoms with Crippen molar-refractivity contribution < 1.29 is 18.7 Å². The molecule has 2 rings (SSSR count). The Labute approximate surface area is 206 Å². The first-order valence-electron chi connectivity index (χ1n) is 11.3. The van der Waals surface area contributed by atoms with Crippen molar-refractivity contribution >= 4 is 41.3 Å². The van der Waals surface area contributed by atoms with Gasteiger partial charge < -0.3 is 18.5 Å². The average molecular weight is 542 g/mol. The summed E-state index contributed by atoms with van der Waals surface area (Å²) in [6, 6.07) is 1.59. The van der Waals surface area contributed by atoms with Gasteiger partial charge in [-0.3, -0.25) is 4.79 Å². The molecular formula is C24H37BrN2O5Si. The maximum Gasteiger partial charge on any atom is 0.343 e. The molecule has 0 N–H and O–H groups in total. The Morgan fingerprint density at radius 2 is 1.91 bits per heavy atom. The minimum Gasteiger partial charge on any atom is -0.481 e. The van der Waals surface area contributed by atoms with Crippen LogP contribution in [0.2, 0.25) is 18.1 Å². The lowest BCUT2D eigenvalue weighted by atomic mass is 10.0. The highest BCUT2D eigenvalue weighted by Crippen LogP contribution is 2.38. The molecule has 1 atom stereocenters. The summed E-state index contributed by atoms with van der Waals surface area (Å²) >= 11 is 3.43. The van der Waals surface area contributed by atoms with Crippen molar-refractivity contribution in [1.29, 1.82) is 0 Å². The number of ether oxygens (including phenoxy) is 2. The zero-order valence-corrected chi connectivity index (χ0v) is 23.8. The van der Waals surface area contributed by atoms with Crippen LogP contribution < -0.4 is 10.2 Å². The van der Waals surface area contributed by atoms with E-state index in [-0.39, 0.29) is 29.2 Å². The molecule has 0 fully saturated rings. The Morgan fingerprint density at radius 3 is 2.39 bits per heavy atom. The lowest BCUT2D eigenvalue weighted by Crippen LogP contribution is -2.42. The number of hydrogen-bond acceptors (Lipinski definition) is 6. The Kier molecular flexibility index (Phi) is 8.92. The second kappa shape index (κ2) is 10.7. The summed E-state index contributed by atoms with van der Waals surface area (Å²) < 4.78 is 19.1. The van der Waals surface area contributed by atoms with Gasteiger partial charge in [0, 0.05) is 17.1 Å². The molecular weight excluding hydrogens is 504 g/mol. The Morgan fingerprint density at radius 1 is 1.27 bits per heavy atom. The number of alkyl halides is 1. The standard InChI is InChI=1S/C24H37BrN2O5Si/c1-10-31-23(29)18-13-27(19(15(2)3)14-32-33(8,9)24(4,5)6)21-17(20(18)28)11-16(12-25)22(26-21)30-7/h11,13,15,19H,10,12,14H2,1-9H3. The largest absolute Gasteiger partial charge is 0.481 e. The number of halogens is 1. The molecule has 0 spiro atoms. The van der Waals surface area contributed by atoms with Gasteiger partial charge in [0.05, 0.1) is 31.8 Å². The second-order valence-corrected chi connectivity index (χ2v) is 15.4. The number of fused-ring (bicyclic) bond motifs is 1. The molecule has 0 bridgehead atoms. The fourth-order valence-corrected chi connectivity index (χ4v) is 4.70. The first kappa shape index (κ1) is 27.5. The van der Waals surface area contributed by atoms with Crippen molar-refractivity contribution in [3.05, 3.63) is 33.6 Å². The molecule has 2 aromatic rings. The van der Waals surface area contributed by atoms with Crippen molar-refractivity contribution in [3.8, 4) is 5.88 Å². The molecule has 184 valence electrons. The normalized spacial score (nSPS) is 13.4. The highest BCUT2D eigenvalue weighted by atomic mass is 79.9. The van der Waals surface area contributed by atoms with E-state index in [4.69, 9.17) is 13.9 Å². The number of pyridine rings is 2. The number of hydrogen-bond donors (Lipinski definition) is 0. The van der Waals surface area contributed by atoms with Gasteiger partial charge in [-0.25, -0.2) is 4.79 Å². The van der Waals surface area contributed by atoms with Gasteiger partial charge in [-0.05, 0) is 37.0 Å². The molecule has 0 saturated carbocycles. The fraction of sp³-hybridized carbons (Fsp3) is 0.625. The van der Waals surface area contributed by atoms with E-state index in [9.17, 15) is 9.59 Å². The first-order chi connectivity index (χ1) is 15.3. The molecule has 0 aliphatic rings. The van der Waals surface area contributed by atoms with Crippen molar-refractivity contribution in [2.24, 2.45) is 5.92 Å². The van der Waals surface area contributed by atoms with Gasteiger partial charge in [0.15, 0.2) is 8.32 Å². The predicted octanol–water partition coefficient (Wildman–Crippen LogP) is 5.70. The number of methoxy groups -OCH3 is 1. The Hall–Kier alpha value is -1.71. The van der Waals surface area contributed by atoms with E-state index < -0.39 is 19.7 Å². The minimum atomic E-state index is -2.02. The number of carbonyl (C=O) groups excluding carboxylic acids is 1. The fourth-order valence-electron chi connectivity index (χ4n) is 3.28. The van der Waals surface area contributed by atoms with E-state index in [1.165, 1.54) is 0 Å². The molecule has 0 saturated heterocycles. The number of aromatic nitrogens is 2. The molecule has 0 aliphatic carbocycles. The van der Waals surface area contributed by atoms with E-state index in [0.29, 0.717) is 28.9 Å². The molecule has 2 heterocycles. The molecule has 7 nitrogen and oxygen atoms in total. The van der Waals surface area contributed by atoms with E-state index in [2.05, 4.69) is 68.6 Å². The van der Waals surface area contributed by atoms with Crippen LogP contribution in [0.1, 0.15) is 63.5 Å². The van der Waals surface area contributed by atoms with Crippen molar-refractivity contribution in [3.63, 3.8) is 0 Å². The quantitative estimate of drug-likeness (QED) is 0.230. The van der Waals surface area contributed by atoms with Crippen LogP contribution in [0, 0.1) is 5.92 Å². The van der Waals surface area contributed by atoms with E-state index >= 15 is 0 Å². The van der Waals surface area contributed by atoms with Crippen molar-refractivity contribution in [1.82, 2.24) is 9.55 Å². The monoisotopic (exact) mass is 540 g/mol. The molecule has 1 unspecified atom stereocenters. The SMILES string of the molecule is CCOC(=O)c1cn(C(CO[Si](C)(C)C(C)(C)C)C(C)C)c2nc(OC)c(CBr)cc2c1=O. The topological polar surface area (TPSA) is 79.7 Å². The van der Waals surface area contributed by atoms with E-state index in [1.54, 1.807) is 26.3 Å². The van der Waals surface area contributed by atoms with E-state index in [0.717, 1.165) is 5.56 Å². The number of rotatable bonds is 9. The lowest BCUT2D eigenvalue weighted by Gasteiger charge is -2.38. The summed E-state index contributed by atoms with van der Waals surface area (Å²) in [4.78, 5) is 30.6. The van der Waals surface area contributed by atoms with Crippen molar-refractivity contribution in [2.45, 2.75) is 71.0 Å². The van der Waals surface area contributed by atoms with Crippen LogP contribution in [0.25, 0.3) is 11.0 Å². The lowest BCUT2D eigenvalue weighted by molar-refractivity contribution is 0.0523. The molecule has 0 amide bonds. The summed E-state index contributed by atoms with van der Waals surface area (Å²) in [7, 11) is -0.472. The third-order valence-corrected chi connectivity index (χ3v) is 11.5. The van der Waals surface area contributed by atoms with Gasteiger partial charge in [-0.15, -0.1) is 0 Å². The van der Waals surface area contributed by atoms with Crippen LogP contribution in [0.4, 0.5) is 0 Å². The molecule has 0 radical (unpaired) electrons. The van der Waals surface area contributed by atoms with Crippen LogP contribution >= 0.6 is 15.9 Å². The molecule has 0 aromatic carbocycles. The zero-order chi connectivity index (χ0) is 25.1. The van der Waals surface area contributed by atoms with Gasteiger partial charge in [0.1, 0.15) is 11.2 Å². The first-order valence-corrected chi connectivity index (χ1v) is 15.3. The average Bonchev–Trinajstić information content (AvgIpc) is 2.73. The van der Waals surface area contributed by atoms with Crippen LogP contribution in [0.5, 0.6) is 5.88 Å². The van der Waals surface area contributed by atoms with Crippen LogP contribution in [-0.2, 0) is 14.5 Å². The number of esters is 1. The summed E-state index contributed by atoms with van der Waals surface area (Å²) in [5.74, 6) is -0.0504. The second-order valence-electron chi connectivity index (χ2n) is 10.0. The highest BCUT2D eigenvalue weighted by molar-refractivity contribution is 9.08. The van der Waals surface area contributed by atoms with Crippen LogP contribution in [0.3, 0.4) is 0 Å². The number of carbonyl (C=O) groups is 1. The Bertz CT molecular complexity index is 1060. The van der Waals surface area contributed by atoms with Crippen LogP contribution in [0.15, 0.2) is 17.1 Å². The molecule has 2 aromatic heterocycles. The van der Waals surface area contributed by atoms with Gasteiger partial charge in [-0.2, -0.15) is 4.98 Å². The molecule has 33 heavy (non-hydrogen) atoms. The third kappa shape index (κ3) is 5.86. The van der Waals surface area contributed by atoms with E-state index in [1.807, 2.05) is 4.57 Å². The maximum absolute atomic E-state index is 13.3. The smallest absolute Gasteiger partial charge is 0.343 e. The summed E-state index contributed by atoms with van der Waals surface area (Å²) in [5.41, 5.74) is 0.792. The summed E-state index contributed by atoms with van der Waals surface area (Å²) in [5, 5.41) is 0.876. The van der Waals surface area contributed by atoms with Crippen LogP contribution in [-0.4, -0.2) is 44.2 Å². The van der Waals surface area contributed by atoms with Crippen molar-refractivity contribution in [2.75, 3.05) is 20.3 Å². The summed E-state index contributed by atoms with van der Waals surface area (Å²) in [6.07, 6.45) is 1.57. The van der Waals surface area contributed by atoms with Gasteiger partial charge in [-0.1, -0.05) is 50.5 Å². The van der Waals surface area contributed by atoms with Gasteiger partial charge in [0.2, 0.25) is 11.3 Å². The van der Waals surface area contributed by atoms with Gasteiger partial charge in [0.25, 0.3) is 0 Å². The summed E-state index contributed by atoms with van der Waals surface area (Å²) in [6.45, 7) is 17.6. The number of nitrogens with zero attached hydrogens (tertiary/aromatic N) is 2.